The number of para-hydroxylation sites is 1. The number of allylic oxidation sites excluding steroid dienone is 1. The van der Waals surface area contributed by atoms with Gasteiger partial charge in [-0.25, -0.2) is 0 Å². The number of nitroso groups, excluding NO2 is 1. The number of nitrogens with zero attached hydrogens (tertiary/aromatic N) is 1. The highest BCUT2D eigenvalue weighted by Crippen LogP contribution is 2.39. The highest BCUT2D eigenvalue weighted by Gasteiger charge is 2.37. The average Bonchev–Trinajstić information content (AvgIpc) is 3.79. The molecule has 1 saturated carbocycles. The summed E-state index contributed by atoms with van der Waals surface area (Å²) in [6.07, 6.45) is 10.7. The molecule has 45 heavy (non-hydrogen) atoms. The molecule has 1 aliphatic heterocycles. The van der Waals surface area contributed by atoms with Crippen molar-refractivity contribution in [1.82, 2.24) is 10.6 Å². The van der Waals surface area contributed by atoms with Crippen LogP contribution in [0.1, 0.15) is 89.8 Å². The molecule has 2 aromatic rings. The van der Waals surface area contributed by atoms with E-state index in [0.29, 0.717) is 18.2 Å². The van der Waals surface area contributed by atoms with Crippen LogP contribution in [0.5, 0.6) is 11.5 Å². The lowest BCUT2D eigenvalue weighted by Gasteiger charge is -2.27. The van der Waals surface area contributed by atoms with Gasteiger partial charge < -0.3 is 26.2 Å². The van der Waals surface area contributed by atoms with Crippen molar-refractivity contribution in [1.29, 1.82) is 0 Å². The van der Waals surface area contributed by atoms with Crippen LogP contribution in [-0.4, -0.2) is 42.9 Å². The van der Waals surface area contributed by atoms with Crippen LogP contribution in [0.3, 0.4) is 0 Å². The van der Waals surface area contributed by atoms with Crippen LogP contribution in [-0.2, 0) is 17.6 Å². The van der Waals surface area contributed by atoms with E-state index in [9.17, 15) is 9.70 Å². The standard InChI is InChI=1S/C25H38N4O3.C7H8O.C5H12/c1-3-4-10-22(17(2)25(30)28-16-29-31)23(18-11-12-18)27-15-21-14-20-8-5-7-19(9-6-13-26)24(20)32-21;1-6-2-4-7(8)5-3-6;1-4-5(2)3/h5,7-8,10,17-18,21,23,27H,3-4,6,9,11-16,26H2,1-2H3,(H,28,30);2-5,8H,1H3;5H,4H2,1-3H3/b22-10-;;. The topological polar surface area (TPSA) is 126 Å². The van der Waals surface area contributed by atoms with Gasteiger partial charge in [0.15, 0.2) is 6.67 Å². The Morgan fingerprint density at radius 2 is 1.82 bits per heavy atom. The van der Waals surface area contributed by atoms with Gasteiger partial charge in [0.1, 0.15) is 17.6 Å². The molecule has 8 nitrogen and oxygen atoms in total. The molecule has 3 atom stereocenters. The van der Waals surface area contributed by atoms with Gasteiger partial charge in [-0.15, -0.1) is 4.91 Å². The maximum atomic E-state index is 12.6. The fourth-order valence-corrected chi connectivity index (χ4v) is 5.10. The summed E-state index contributed by atoms with van der Waals surface area (Å²) in [4.78, 5) is 23.0. The quantitative estimate of drug-likeness (QED) is 0.123. The number of hydrogen-bond acceptors (Lipinski definition) is 7. The second-order valence-corrected chi connectivity index (χ2v) is 12.6. The van der Waals surface area contributed by atoms with E-state index >= 15 is 0 Å². The van der Waals surface area contributed by atoms with Crippen molar-refractivity contribution < 1.29 is 14.6 Å². The number of unbranched alkanes of at least 4 members (excludes halogenated alkanes) is 1. The molecule has 1 heterocycles. The van der Waals surface area contributed by atoms with Gasteiger partial charge in [0.25, 0.3) is 0 Å². The third kappa shape index (κ3) is 13.7. The molecular weight excluding hydrogens is 564 g/mol. The van der Waals surface area contributed by atoms with E-state index in [4.69, 9.17) is 15.6 Å². The van der Waals surface area contributed by atoms with E-state index in [1.54, 1.807) is 12.1 Å². The van der Waals surface area contributed by atoms with Crippen molar-refractivity contribution in [3.63, 3.8) is 0 Å². The monoisotopic (exact) mass is 622 g/mol. The fourth-order valence-electron chi connectivity index (χ4n) is 5.10. The summed E-state index contributed by atoms with van der Waals surface area (Å²) in [5, 5.41) is 17.9. The summed E-state index contributed by atoms with van der Waals surface area (Å²) in [7, 11) is 0. The van der Waals surface area contributed by atoms with E-state index < -0.39 is 0 Å². The average molecular weight is 623 g/mol. The molecule has 3 unspecified atom stereocenters. The maximum absolute atomic E-state index is 12.6. The lowest BCUT2D eigenvalue weighted by atomic mass is 9.89. The number of amides is 1. The Morgan fingerprint density at radius 1 is 1.13 bits per heavy atom. The Hall–Kier alpha value is -3.23. The zero-order valence-electron chi connectivity index (χ0n) is 28.5. The number of aromatic hydroxyl groups is 1. The van der Waals surface area contributed by atoms with Crippen LogP contribution >= 0.6 is 0 Å². The summed E-state index contributed by atoms with van der Waals surface area (Å²) in [6, 6.07) is 13.6. The number of hydrogen-bond donors (Lipinski definition) is 4. The summed E-state index contributed by atoms with van der Waals surface area (Å²) >= 11 is 0. The number of carbonyl (C=O) groups is 1. The Morgan fingerprint density at radius 3 is 2.38 bits per heavy atom. The first-order chi connectivity index (χ1) is 21.6. The number of phenols is 1. The number of carbonyl (C=O) groups excluding carboxylic acids is 1. The number of nitrogens with one attached hydrogen (secondary N) is 2. The van der Waals surface area contributed by atoms with Gasteiger partial charge in [-0.2, -0.15) is 0 Å². The predicted octanol–water partition coefficient (Wildman–Crippen LogP) is 7.21. The van der Waals surface area contributed by atoms with Gasteiger partial charge in [0, 0.05) is 19.0 Å². The number of ether oxygens (including phenoxy) is 1. The number of aryl methyl sites for hydroxylation is 2. The van der Waals surface area contributed by atoms with E-state index in [2.05, 4.69) is 67.8 Å². The number of benzene rings is 2. The van der Waals surface area contributed by atoms with Gasteiger partial charge in [0.05, 0.1) is 5.92 Å². The lowest BCUT2D eigenvalue weighted by Crippen LogP contribution is -2.43. The molecule has 1 fully saturated rings. The van der Waals surface area contributed by atoms with Gasteiger partial charge in [0.2, 0.25) is 5.91 Å². The smallest absolute Gasteiger partial charge is 0.228 e. The molecule has 0 radical (unpaired) electrons. The van der Waals surface area contributed by atoms with E-state index in [-0.39, 0.29) is 30.6 Å². The Kier molecular flexibility index (Phi) is 17.5. The normalized spacial score (nSPS) is 16.7. The Balaban J connectivity index is 0.000000450. The molecule has 0 aromatic heterocycles. The third-order valence-electron chi connectivity index (χ3n) is 8.31. The minimum absolute atomic E-state index is 0.0843. The minimum atomic E-state index is -0.300. The molecule has 1 amide bonds. The van der Waals surface area contributed by atoms with Gasteiger partial charge >= 0.3 is 0 Å². The zero-order chi connectivity index (χ0) is 33.2. The van der Waals surface area contributed by atoms with Crippen LogP contribution in [0, 0.1) is 29.6 Å². The molecule has 2 aliphatic rings. The molecule has 5 N–H and O–H groups in total. The highest BCUT2D eigenvalue weighted by molar-refractivity contribution is 5.81. The first-order valence-electron chi connectivity index (χ1n) is 16.9. The van der Waals surface area contributed by atoms with Gasteiger partial charge in [-0.3, -0.25) is 4.79 Å². The summed E-state index contributed by atoms with van der Waals surface area (Å²) < 4.78 is 6.36. The number of nitrogens with two attached hydrogens (primary N) is 1. The van der Waals surface area contributed by atoms with Gasteiger partial charge in [-0.1, -0.05) is 82.5 Å². The summed E-state index contributed by atoms with van der Waals surface area (Å²) in [5.74, 6) is 2.35. The number of fused-ring (bicyclic) bond motifs is 1. The second kappa shape index (κ2) is 20.7. The number of rotatable bonds is 15. The van der Waals surface area contributed by atoms with E-state index in [1.165, 1.54) is 36.0 Å². The minimum Gasteiger partial charge on any atom is -0.508 e. The second-order valence-electron chi connectivity index (χ2n) is 12.6. The molecule has 0 bridgehead atoms. The lowest BCUT2D eigenvalue weighted by molar-refractivity contribution is -0.123. The molecule has 8 heteroatoms. The van der Waals surface area contributed by atoms with Crippen molar-refractivity contribution in [2.45, 2.75) is 105 Å². The third-order valence-corrected chi connectivity index (χ3v) is 8.31. The molecule has 1 aliphatic carbocycles. The van der Waals surface area contributed by atoms with E-state index in [1.807, 2.05) is 26.0 Å². The Bertz CT molecular complexity index is 1160. The van der Waals surface area contributed by atoms with Crippen LogP contribution < -0.4 is 21.1 Å². The fraction of sp³-hybridized carbons (Fsp3) is 0.595. The molecule has 2 aromatic carbocycles. The van der Waals surface area contributed by atoms with Gasteiger partial charge in [-0.05, 0) is 98.3 Å². The highest BCUT2D eigenvalue weighted by atomic mass is 16.5. The Labute approximate surface area is 271 Å². The largest absolute Gasteiger partial charge is 0.508 e. The number of phenolic OH excluding ortho intramolecular Hbond substituents is 1. The van der Waals surface area contributed by atoms with E-state index in [0.717, 1.165) is 55.9 Å². The SMILES string of the molecule is CCC(C)C.CCC/C=C(/C(C)C(=O)NCN=O)C(NCC1Cc2cccc(CCCN)c2O1)C1CC1.Cc1ccc(O)cc1. The van der Waals surface area contributed by atoms with Crippen LogP contribution in [0.2, 0.25) is 0 Å². The molecular formula is C37H58N4O4. The van der Waals surface area contributed by atoms with Crippen molar-refractivity contribution in [3.05, 3.63) is 75.7 Å². The first kappa shape index (κ1) is 38.0. The van der Waals surface area contributed by atoms with Crippen LogP contribution in [0.25, 0.3) is 0 Å². The van der Waals surface area contributed by atoms with Crippen LogP contribution in [0.4, 0.5) is 0 Å². The zero-order valence-corrected chi connectivity index (χ0v) is 28.5. The summed E-state index contributed by atoms with van der Waals surface area (Å²) in [6.45, 7) is 13.9. The van der Waals surface area contributed by atoms with Crippen LogP contribution in [0.15, 0.2) is 59.3 Å². The predicted molar refractivity (Wildman–Crippen MR) is 185 cm³/mol. The molecule has 250 valence electrons. The van der Waals surface area contributed by atoms with Crippen molar-refractivity contribution in [3.8, 4) is 11.5 Å². The first-order valence-corrected chi connectivity index (χ1v) is 16.9. The van der Waals surface area contributed by atoms with Crippen molar-refractivity contribution >= 4 is 5.91 Å². The molecule has 0 spiro atoms. The van der Waals surface area contributed by atoms with Crippen molar-refractivity contribution in [2.24, 2.45) is 28.7 Å². The van der Waals surface area contributed by atoms with Crippen molar-refractivity contribution in [2.75, 3.05) is 19.8 Å². The molecule has 4 rings (SSSR count). The summed E-state index contributed by atoms with van der Waals surface area (Å²) in [5.41, 5.74) is 10.5. The maximum Gasteiger partial charge on any atom is 0.228 e. The molecule has 0 saturated heterocycles.